The molecule has 0 radical (unpaired) electrons. The number of sulfonamides is 1. The van der Waals surface area contributed by atoms with Crippen molar-refractivity contribution < 1.29 is 18.1 Å². The van der Waals surface area contributed by atoms with Crippen LogP contribution in [0.1, 0.15) is 12.8 Å². The van der Waals surface area contributed by atoms with Crippen molar-refractivity contribution in [2.45, 2.75) is 17.7 Å². The Hall–Kier alpha value is -2.04. The summed E-state index contributed by atoms with van der Waals surface area (Å²) in [5.74, 6) is -0.623. The number of nitro groups is 1. The molecule has 132 valence electrons. The molecule has 1 aliphatic heterocycles. The highest BCUT2D eigenvalue weighted by Crippen LogP contribution is 2.25. The van der Waals surface area contributed by atoms with Gasteiger partial charge in [-0.2, -0.15) is 4.31 Å². The summed E-state index contributed by atoms with van der Waals surface area (Å²) in [5, 5.41) is 13.3. The van der Waals surface area contributed by atoms with Crippen LogP contribution >= 0.6 is 0 Å². The Balaban J connectivity index is 2.13. The standard InChI is InChI=1S/C14H20N4O5S/c15-7-8-16-14(19)11-2-1-9-17(10-11)24(22,23)13-5-3-12(4-6-13)18(20)21/h3-6,11H,1-2,7-10,15H2,(H,16,19)/t11-/m0/s1. The zero-order valence-electron chi connectivity index (χ0n) is 13.1. The second-order valence-corrected chi connectivity index (χ2v) is 7.47. The molecule has 9 nitrogen and oxygen atoms in total. The van der Waals surface area contributed by atoms with Gasteiger partial charge in [0.2, 0.25) is 15.9 Å². The number of rotatable bonds is 6. The zero-order chi connectivity index (χ0) is 17.7. The quantitative estimate of drug-likeness (QED) is 0.547. The Labute approximate surface area is 140 Å². The summed E-state index contributed by atoms with van der Waals surface area (Å²) in [4.78, 5) is 22.1. The van der Waals surface area contributed by atoms with E-state index in [-0.39, 0.29) is 23.0 Å². The average Bonchev–Trinajstić information content (AvgIpc) is 2.59. The molecule has 1 aromatic rings. The van der Waals surface area contributed by atoms with Gasteiger partial charge in [0, 0.05) is 38.3 Å². The number of carbonyl (C=O) groups excluding carboxylic acids is 1. The molecule has 1 atom stereocenters. The molecule has 1 aliphatic rings. The molecule has 0 aromatic heterocycles. The van der Waals surface area contributed by atoms with Crippen molar-refractivity contribution in [1.82, 2.24) is 9.62 Å². The number of hydrogen-bond acceptors (Lipinski definition) is 6. The summed E-state index contributed by atoms with van der Waals surface area (Å²) in [6.07, 6.45) is 1.19. The van der Waals surface area contributed by atoms with Crippen LogP contribution in [0, 0.1) is 16.0 Å². The lowest BCUT2D eigenvalue weighted by molar-refractivity contribution is -0.384. The number of piperidine rings is 1. The summed E-state index contributed by atoms with van der Waals surface area (Å²) < 4.78 is 26.6. The maximum atomic E-state index is 12.7. The van der Waals surface area contributed by atoms with Crippen molar-refractivity contribution in [3.63, 3.8) is 0 Å². The van der Waals surface area contributed by atoms with Gasteiger partial charge in [-0.1, -0.05) is 0 Å². The predicted octanol–water partition coefficient (Wildman–Crippen LogP) is 0.0704. The van der Waals surface area contributed by atoms with Crippen LogP contribution < -0.4 is 11.1 Å². The second kappa shape index (κ2) is 7.69. The molecule has 0 saturated carbocycles. The highest BCUT2D eigenvalue weighted by Gasteiger charge is 2.33. The fourth-order valence-electron chi connectivity index (χ4n) is 2.60. The molecule has 1 heterocycles. The molecule has 1 fully saturated rings. The number of nitrogens with two attached hydrogens (primary N) is 1. The highest BCUT2D eigenvalue weighted by atomic mass is 32.2. The Morgan fingerprint density at radius 3 is 2.62 bits per heavy atom. The van der Waals surface area contributed by atoms with Crippen molar-refractivity contribution in [2.75, 3.05) is 26.2 Å². The fraction of sp³-hybridized carbons (Fsp3) is 0.500. The molecule has 10 heteroatoms. The molecule has 24 heavy (non-hydrogen) atoms. The minimum absolute atomic E-state index is 0.0175. The maximum Gasteiger partial charge on any atom is 0.269 e. The van der Waals surface area contributed by atoms with E-state index in [1.165, 1.54) is 16.4 Å². The van der Waals surface area contributed by atoms with Gasteiger partial charge in [0.1, 0.15) is 0 Å². The third kappa shape index (κ3) is 4.08. The number of benzene rings is 1. The van der Waals surface area contributed by atoms with E-state index in [0.29, 0.717) is 32.5 Å². The molecule has 1 aromatic carbocycles. The smallest absolute Gasteiger partial charge is 0.269 e. The van der Waals surface area contributed by atoms with Crippen molar-refractivity contribution in [1.29, 1.82) is 0 Å². The van der Waals surface area contributed by atoms with Gasteiger partial charge in [-0.25, -0.2) is 8.42 Å². The second-order valence-electron chi connectivity index (χ2n) is 5.53. The molecule has 1 saturated heterocycles. The molecule has 1 amide bonds. The van der Waals surface area contributed by atoms with Crippen molar-refractivity contribution in [3.05, 3.63) is 34.4 Å². The number of carbonyl (C=O) groups is 1. The first-order valence-corrected chi connectivity index (χ1v) is 9.02. The summed E-state index contributed by atoms with van der Waals surface area (Å²) in [7, 11) is -3.79. The van der Waals surface area contributed by atoms with E-state index in [1.54, 1.807) is 0 Å². The molecule has 0 spiro atoms. The van der Waals surface area contributed by atoms with Gasteiger partial charge >= 0.3 is 0 Å². The van der Waals surface area contributed by atoms with E-state index in [4.69, 9.17) is 5.73 Å². The average molecular weight is 356 g/mol. The first kappa shape index (κ1) is 18.3. The minimum Gasteiger partial charge on any atom is -0.355 e. The summed E-state index contributed by atoms with van der Waals surface area (Å²) in [5.41, 5.74) is 5.17. The Kier molecular flexibility index (Phi) is 5.86. The van der Waals surface area contributed by atoms with Gasteiger partial charge in [0.15, 0.2) is 0 Å². The topological polar surface area (TPSA) is 136 Å². The Morgan fingerprint density at radius 1 is 1.38 bits per heavy atom. The van der Waals surface area contributed by atoms with E-state index in [2.05, 4.69) is 5.32 Å². The van der Waals surface area contributed by atoms with E-state index in [9.17, 15) is 23.3 Å². The van der Waals surface area contributed by atoms with E-state index in [1.807, 2.05) is 0 Å². The van der Waals surface area contributed by atoms with Crippen LogP contribution in [-0.4, -0.2) is 49.7 Å². The van der Waals surface area contributed by atoms with Gasteiger partial charge in [-0.3, -0.25) is 14.9 Å². The molecule has 2 rings (SSSR count). The summed E-state index contributed by atoms with van der Waals surface area (Å²) in [6, 6.07) is 4.74. The summed E-state index contributed by atoms with van der Waals surface area (Å²) in [6.45, 7) is 1.09. The van der Waals surface area contributed by atoms with Crippen LogP contribution in [0.15, 0.2) is 29.2 Å². The highest BCUT2D eigenvalue weighted by molar-refractivity contribution is 7.89. The number of nitrogens with zero attached hydrogens (tertiary/aromatic N) is 2. The number of non-ortho nitro benzene ring substituents is 1. The Bertz CT molecular complexity index is 704. The number of nitrogens with one attached hydrogen (secondary N) is 1. The molecule has 3 N–H and O–H groups in total. The maximum absolute atomic E-state index is 12.7. The van der Waals surface area contributed by atoms with E-state index >= 15 is 0 Å². The van der Waals surface area contributed by atoms with Gasteiger partial charge in [-0.15, -0.1) is 0 Å². The van der Waals surface area contributed by atoms with Gasteiger partial charge in [0.05, 0.1) is 15.7 Å². The van der Waals surface area contributed by atoms with Crippen LogP contribution in [-0.2, 0) is 14.8 Å². The summed E-state index contributed by atoms with van der Waals surface area (Å²) >= 11 is 0. The first-order chi connectivity index (χ1) is 11.4. The number of nitro benzene ring substituents is 1. The van der Waals surface area contributed by atoms with Crippen molar-refractivity contribution in [3.8, 4) is 0 Å². The monoisotopic (exact) mass is 356 g/mol. The predicted molar refractivity (Wildman–Crippen MR) is 86.6 cm³/mol. The van der Waals surface area contributed by atoms with Crippen molar-refractivity contribution in [2.24, 2.45) is 11.7 Å². The lowest BCUT2D eigenvalue weighted by Gasteiger charge is -2.31. The SMILES string of the molecule is NCCNC(=O)[C@H]1CCCN(S(=O)(=O)c2ccc([N+](=O)[O-])cc2)C1. The van der Waals surface area contributed by atoms with Gasteiger partial charge in [-0.05, 0) is 25.0 Å². The van der Waals surface area contributed by atoms with Crippen LogP contribution in [0.2, 0.25) is 0 Å². The molecule has 0 aliphatic carbocycles. The van der Waals surface area contributed by atoms with Crippen LogP contribution in [0.5, 0.6) is 0 Å². The third-order valence-corrected chi connectivity index (χ3v) is 5.76. The van der Waals surface area contributed by atoms with Gasteiger partial charge < -0.3 is 11.1 Å². The lowest BCUT2D eigenvalue weighted by Crippen LogP contribution is -2.46. The normalized spacial score (nSPS) is 19.0. The van der Waals surface area contributed by atoms with Gasteiger partial charge in [0.25, 0.3) is 5.69 Å². The van der Waals surface area contributed by atoms with Crippen LogP contribution in [0.3, 0.4) is 0 Å². The van der Waals surface area contributed by atoms with Crippen LogP contribution in [0.25, 0.3) is 0 Å². The minimum atomic E-state index is -3.79. The van der Waals surface area contributed by atoms with E-state index < -0.39 is 20.9 Å². The molecular weight excluding hydrogens is 336 g/mol. The third-order valence-electron chi connectivity index (χ3n) is 3.88. The molecular formula is C14H20N4O5S. The van der Waals surface area contributed by atoms with Crippen LogP contribution in [0.4, 0.5) is 5.69 Å². The zero-order valence-corrected chi connectivity index (χ0v) is 13.9. The first-order valence-electron chi connectivity index (χ1n) is 7.58. The Morgan fingerprint density at radius 2 is 2.04 bits per heavy atom. The van der Waals surface area contributed by atoms with Crippen molar-refractivity contribution >= 4 is 21.6 Å². The molecule has 0 bridgehead atoms. The fourth-order valence-corrected chi connectivity index (χ4v) is 4.13. The number of hydrogen-bond donors (Lipinski definition) is 2. The molecule has 0 unspecified atom stereocenters. The van der Waals surface area contributed by atoms with E-state index in [0.717, 1.165) is 12.1 Å². The number of amides is 1. The largest absolute Gasteiger partial charge is 0.355 e. The lowest BCUT2D eigenvalue weighted by atomic mass is 9.99.